The van der Waals surface area contributed by atoms with Crippen molar-refractivity contribution in [2.24, 2.45) is 0 Å². The Balaban J connectivity index is 2.22. The molecule has 0 aliphatic heterocycles. The van der Waals surface area contributed by atoms with Gasteiger partial charge in [0, 0.05) is 18.0 Å². The molecule has 2 N–H and O–H groups in total. The van der Waals surface area contributed by atoms with Crippen molar-refractivity contribution in [3.05, 3.63) is 32.7 Å². The van der Waals surface area contributed by atoms with Crippen LogP contribution in [-0.4, -0.2) is 27.1 Å². The van der Waals surface area contributed by atoms with E-state index < -0.39 is 0 Å². The van der Waals surface area contributed by atoms with E-state index in [1.165, 1.54) is 6.20 Å². The molecule has 2 aromatic heterocycles. The van der Waals surface area contributed by atoms with Crippen LogP contribution in [0.3, 0.4) is 0 Å². The molecule has 0 saturated heterocycles. The van der Waals surface area contributed by atoms with Crippen LogP contribution in [-0.2, 0) is 13.1 Å². The van der Waals surface area contributed by atoms with Crippen molar-refractivity contribution in [1.82, 2.24) is 14.7 Å². The first-order valence-electron chi connectivity index (χ1n) is 6.41. The van der Waals surface area contributed by atoms with Crippen LogP contribution in [0.15, 0.2) is 22.1 Å². The molecule has 0 radical (unpaired) electrons. The molecule has 5 nitrogen and oxygen atoms in total. The highest BCUT2D eigenvalue weighted by molar-refractivity contribution is 9.11. The number of aryl methyl sites for hydroxylation is 1. The topological polar surface area (TPSA) is 64.2 Å². The number of rotatable bonds is 5. The summed E-state index contributed by atoms with van der Waals surface area (Å²) in [5.41, 5.74) is 6.78. The average Bonchev–Trinajstić information content (AvgIpc) is 3.01. The van der Waals surface area contributed by atoms with Gasteiger partial charge in [-0.15, -0.1) is 11.3 Å². The number of hydrogen-bond acceptors (Lipinski definition) is 4. The van der Waals surface area contributed by atoms with Gasteiger partial charge in [0.05, 0.1) is 22.2 Å². The van der Waals surface area contributed by atoms with Crippen LogP contribution in [0.5, 0.6) is 0 Å². The van der Waals surface area contributed by atoms with Crippen LogP contribution in [0.4, 0.5) is 5.69 Å². The fourth-order valence-electron chi connectivity index (χ4n) is 1.98. The number of halogens is 1. The summed E-state index contributed by atoms with van der Waals surface area (Å²) in [6.07, 6.45) is 1.53. The number of aromatic nitrogens is 2. The summed E-state index contributed by atoms with van der Waals surface area (Å²) in [7, 11) is 0. The molecule has 0 aliphatic carbocycles. The number of nitrogen functional groups attached to an aromatic ring is 1. The number of hydrogen-bond donors (Lipinski definition) is 1. The molecular weight excluding hydrogens is 340 g/mol. The number of anilines is 1. The van der Waals surface area contributed by atoms with Crippen LogP contribution >= 0.6 is 27.3 Å². The van der Waals surface area contributed by atoms with Crippen molar-refractivity contribution in [3.63, 3.8) is 0 Å². The second kappa shape index (κ2) is 6.41. The van der Waals surface area contributed by atoms with Gasteiger partial charge in [-0.25, -0.2) is 0 Å². The van der Waals surface area contributed by atoms with Crippen molar-refractivity contribution in [1.29, 1.82) is 0 Å². The molecule has 0 atom stereocenters. The minimum atomic E-state index is -0.0751. The third-order valence-electron chi connectivity index (χ3n) is 3.01. The summed E-state index contributed by atoms with van der Waals surface area (Å²) in [4.78, 5) is 15.5. The Morgan fingerprint density at radius 2 is 2.25 bits per heavy atom. The zero-order valence-corrected chi connectivity index (χ0v) is 13.9. The normalized spacial score (nSPS) is 10.8. The Bertz CT molecular complexity index is 607. The third kappa shape index (κ3) is 3.04. The number of nitrogens with zero attached hydrogens (tertiary/aromatic N) is 3. The molecule has 1 amide bonds. The molecule has 0 fully saturated rings. The fourth-order valence-corrected chi connectivity index (χ4v) is 3.47. The van der Waals surface area contributed by atoms with Gasteiger partial charge in [-0.3, -0.25) is 9.48 Å². The monoisotopic (exact) mass is 356 g/mol. The highest BCUT2D eigenvalue weighted by Gasteiger charge is 2.22. The average molecular weight is 357 g/mol. The number of carbonyl (C=O) groups is 1. The second-order valence-electron chi connectivity index (χ2n) is 4.29. The van der Waals surface area contributed by atoms with Crippen molar-refractivity contribution in [2.45, 2.75) is 26.9 Å². The summed E-state index contributed by atoms with van der Waals surface area (Å²) in [5.74, 6) is -0.0751. The molecule has 108 valence electrons. The molecule has 0 saturated carbocycles. The predicted molar refractivity (Wildman–Crippen MR) is 84.7 cm³/mol. The largest absolute Gasteiger partial charge is 0.396 e. The minimum absolute atomic E-state index is 0.0751. The number of amides is 1. The van der Waals surface area contributed by atoms with E-state index in [1.54, 1.807) is 20.9 Å². The Hall–Kier alpha value is -1.34. The highest BCUT2D eigenvalue weighted by atomic mass is 79.9. The maximum atomic E-state index is 12.6. The SMILES string of the molecule is CCN(Cc1ccc(Br)s1)C(=O)c1c(N)cnn1CC. The van der Waals surface area contributed by atoms with E-state index in [2.05, 4.69) is 21.0 Å². The lowest BCUT2D eigenvalue weighted by Gasteiger charge is -2.20. The highest BCUT2D eigenvalue weighted by Crippen LogP contribution is 2.24. The van der Waals surface area contributed by atoms with Gasteiger partial charge in [-0.2, -0.15) is 5.10 Å². The maximum Gasteiger partial charge on any atom is 0.274 e. The lowest BCUT2D eigenvalue weighted by Crippen LogP contribution is -2.32. The van der Waals surface area contributed by atoms with Crippen LogP contribution in [0, 0.1) is 0 Å². The van der Waals surface area contributed by atoms with Crippen LogP contribution in [0.1, 0.15) is 29.2 Å². The Kier molecular flexibility index (Phi) is 4.82. The summed E-state index contributed by atoms with van der Waals surface area (Å²) in [6, 6.07) is 4.01. The molecule has 0 aromatic carbocycles. The summed E-state index contributed by atoms with van der Waals surface area (Å²) in [5, 5.41) is 4.12. The molecule has 20 heavy (non-hydrogen) atoms. The molecule has 2 heterocycles. The van der Waals surface area contributed by atoms with E-state index in [0.29, 0.717) is 31.0 Å². The Morgan fingerprint density at radius 3 is 2.80 bits per heavy atom. The summed E-state index contributed by atoms with van der Waals surface area (Å²) >= 11 is 5.06. The van der Waals surface area contributed by atoms with Gasteiger partial charge in [0.2, 0.25) is 0 Å². The standard InChI is InChI=1S/C13H17BrN4OS/c1-3-17(8-9-5-6-11(14)20-9)13(19)12-10(15)7-16-18(12)4-2/h5-7H,3-4,8,15H2,1-2H3. The van der Waals surface area contributed by atoms with Gasteiger partial charge in [-0.05, 0) is 41.9 Å². The summed E-state index contributed by atoms with van der Waals surface area (Å²) < 4.78 is 2.71. The molecular formula is C13H17BrN4OS. The van der Waals surface area contributed by atoms with E-state index in [-0.39, 0.29) is 5.91 Å². The van der Waals surface area contributed by atoms with Crippen LogP contribution in [0.25, 0.3) is 0 Å². The molecule has 7 heteroatoms. The zero-order valence-electron chi connectivity index (χ0n) is 11.5. The summed E-state index contributed by atoms with van der Waals surface area (Å²) in [6.45, 7) is 5.74. The maximum absolute atomic E-state index is 12.6. The molecule has 0 spiro atoms. The second-order valence-corrected chi connectivity index (χ2v) is 6.84. The fraction of sp³-hybridized carbons (Fsp3) is 0.385. The smallest absolute Gasteiger partial charge is 0.274 e. The lowest BCUT2D eigenvalue weighted by molar-refractivity contribution is 0.0743. The van der Waals surface area contributed by atoms with E-state index >= 15 is 0 Å². The predicted octanol–water partition coefficient (Wildman–Crippen LogP) is 2.97. The van der Waals surface area contributed by atoms with Gasteiger partial charge in [0.25, 0.3) is 5.91 Å². The first-order chi connectivity index (χ1) is 9.56. The third-order valence-corrected chi connectivity index (χ3v) is 4.62. The van der Waals surface area contributed by atoms with Gasteiger partial charge >= 0.3 is 0 Å². The van der Waals surface area contributed by atoms with Gasteiger partial charge in [0.1, 0.15) is 5.69 Å². The van der Waals surface area contributed by atoms with E-state index in [1.807, 2.05) is 26.0 Å². The minimum Gasteiger partial charge on any atom is -0.396 e. The van der Waals surface area contributed by atoms with Crippen molar-refractivity contribution in [2.75, 3.05) is 12.3 Å². The van der Waals surface area contributed by atoms with Gasteiger partial charge in [-0.1, -0.05) is 0 Å². The van der Waals surface area contributed by atoms with Crippen molar-refractivity contribution < 1.29 is 4.79 Å². The van der Waals surface area contributed by atoms with Gasteiger partial charge < -0.3 is 10.6 Å². The number of nitrogens with two attached hydrogens (primary N) is 1. The Labute approximate surface area is 130 Å². The molecule has 0 bridgehead atoms. The first kappa shape index (κ1) is 15.1. The quantitative estimate of drug-likeness (QED) is 0.895. The van der Waals surface area contributed by atoms with Gasteiger partial charge in [0.15, 0.2) is 0 Å². The first-order valence-corrected chi connectivity index (χ1v) is 8.02. The number of thiophene rings is 1. The molecule has 0 unspecified atom stereocenters. The molecule has 0 aliphatic rings. The number of carbonyl (C=O) groups excluding carboxylic acids is 1. The van der Waals surface area contributed by atoms with Crippen LogP contribution in [0.2, 0.25) is 0 Å². The van der Waals surface area contributed by atoms with E-state index in [0.717, 1.165) is 8.66 Å². The molecule has 2 aromatic rings. The van der Waals surface area contributed by atoms with E-state index in [9.17, 15) is 4.79 Å². The lowest BCUT2D eigenvalue weighted by atomic mass is 10.3. The van der Waals surface area contributed by atoms with Crippen molar-refractivity contribution in [3.8, 4) is 0 Å². The Morgan fingerprint density at radius 1 is 1.50 bits per heavy atom. The van der Waals surface area contributed by atoms with E-state index in [4.69, 9.17) is 5.73 Å². The van der Waals surface area contributed by atoms with Crippen molar-refractivity contribution >= 4 is 38.9 Å². The van der Waals surface area contributed by atoms with Crippen LogP contribution < -0.4 is 5.73 Å². The molecule has 2 rings (SSSR count). The zero-order chi connectivity index (χ0) is 14.7.